The van der Waals surface area contributed by atoms with E-state index in [1.54, 1.807) is 0 Å². The highest BCUT2D eigenvalue weighted by molar-refractivity contribution is 5.73. The van der Waals surface area contributed by atoms with Crippen LogP contribution in [0.2, 0.25) is 0 Å². The van der Waals surface area contributed by atoms with Crippen molar-refractivity contribution >= 4 is 5.91 Å². The Bertz CT molecular complexity index is 114. The minimum absolute atomic E-state index is 0.325. The van der Waals surface area contributed by atoms with E-state index >= 15 is 0 Å². The maximum absolute atomic E-state index is 9.99. The van der Waals surface area contributed by atoms with E-state index in [4.69, 9.17) is 12.3 Å². The summed E-state index contributed by atoms with van der Waals surface area (Å²) in [6, 6.07) is 0. The van der Waals surface area contributed by atoms with Crippen molar-refractivity contribution in [2.45, 2.75) is 12.8 Å². The summed E-state index contributed by atoms with van der Waals surface area (Å²) in [6.45, 7) is 6.73. The van der Waals surface area contributed by atoms with Gasteiger partial charge in [-0.3, -0.25) is 4.79 Å². The molecule has 0 aromatic heterocycles. The molecule has 0 bridgehead atoms. The molecule has 0 heterocycles. The Balaban J connectivity index is 2.97. The first kappa shape index (κ1) is 6.96. The minimum Gasteiger partial charge on any atom is -0.370 e. The molecule has 0 spiro atoms. The average Bonchev–Trinajstić information content (AvgIpc) is 1.66. The van der Waals surface area contributed by atoms with E-state index in [-0.39, 0.29) is 5.91 Å². The number of nitrogens with two attached hydrogens (primary N) is 1. The molecule has 0 aliphatic rings. The van der Waals surface area contributed by atoms with Crippen molar-refractivity contribution in [1.82, 2.24) is 0 Å². The van der Waals surface area contributed by atoms with Crippen molar-refractivity contribution < 1.29 is 4.79 Å². The third-order valence-electron chi connectivity index (χ3n) is 0.693. The lowest BCUT2D eigenvalue weighted by atomic mass is 10.3. The van der Waals surface area contributed by atoms with Crippen LogP contribution in [0.3, 0.4) is 0 Å². The molecule has 3 nitrogen and oxygen atoms in total. The summed E-state index contributed by atoms with van der Waals surface area (Å²) in [6.07, 6.45) is 0.932. The standard InChI is InChI=1S/C5H8N2O/c1-7-4-2-3-5(6)8/h2-4H2,(H2,6,8). The highest BCUT2D eigenvalue weighted by atomic mass is 16.1. The molecule has 0 aliphatic heterocycles. The quantitative estimate of drug-likeness (QED) is 0.410. The third kappa shape index (κ3) is 4.96. The van der Waals surface area contributed by atoms with Crippen molar-refractivity contribution in [1.29, 1.82) is 0 Å². The van der Waals surface area contributed by atoms with Gasteiger partial charge in [-0.1, -0.05) is 0 Å². The second-order valence-electron chi connectivity index (χ2n) is 1.45. The Labute approximate surface area is 48.3 Å². The number of carbonyl (C=O) groups is 1. The molecule has 3 heteroatoms. The summed E-state index contributed by atoms with van der Waals surface area (Å²) in [5.74, 6) is -0.325. The van der Waals surface area contributed by atoms with Gasteiger partial charge >= 0.3 is 0 Å². The van der Waals surface area contributed by atoms with Gasteiger partial charge in [0.1, 0.15) is 0 Å². The van der Waals surface area contributed by atoms with Crippen molar-refractivity contribution in [3.63, 3.8) is 0 Å². The Kier molecular flexibility index (Phi) is 3.59. The van der Waals surface area contributed by atoms with Crippen LogP contribution < -0.4 is 5.73 Å². The lowest BCUT2D eigenvalue weighted by molar-refractivity contribution is -0.118. The van der Waals surface area contributed by atoms with Gasteiger partial charge < -0.3 is 10.6 Å². The minimum atomic E-state index is -0.325. The largest absolute Gasteiger partial charge is 0.370 e. The summed E-state index contributed by atoms with van der Waals surface area (Å²) in [7, 11) is 0. The fraction of sp³-hybridized carbons (Fsp3) is 0.600. The molecule has 44 valence electrons. The highest BCUT2D eigenvalue weighted by Gasteiger charge is 1.93. The first-order valence-corrected chi connectivity index (χ1v) is 2.39. The summed E-state index contributed by atoms with van der Waals surface area (Å²) in [4.78, 5) is 13.0. The van der Waals surface area contributed by atoms with Crippen LogP contribution in [0.25, 0.3) is 4.85 Å². The molecular formula is C5H8N2O. The average molecular weight is 112 g/mol. The molecule has 0 aliphatic carbocycles. The van der Waals surface area contributed by atoms with Gasteiger partial charge in [-0.05, 0) is 0 Å². The van der Waals surface area contributed by atoms with Gasteiger partial charge in [0.05, 0.1) is 0 Å². The van der Waals surface area contributed by atoms with Crippen LogP contribution in [0.15, 0.2) is 0 Å². The van der Waals surface area contributed by atoms with Gasteiger partial charge in [-0.25, -0.2) is 6.57 Å². The number of amides is 1. The Hall–Kier alpha value is -1.04. The number of rotatable bonds is 3. The summed E-state index contributed by atoms with van der Waals surface area (Å²) < 4.78 is 0. The molecule has 0 aromatic rings. The smallest absolute Gasteiger partial charge is 0.217 e. The van der Waals surface area contributed by atoms with E-state index in [0.29, 0.717) is 19.4 Å². The SMILES string of the molecule is [C-]#[N+]CCCC(N)=O. The van der Waals surface area contributed by atoms with Crippen molar-refractivity contribution in [2.24, 2.45) is 5.73 Å². The number of hydrogen-bond donors (Lipinski definition) is 1. The van der Waals surface area contributed by atoms with Gasteiger partial charge in [0.15, 0.2) is 0 Å². The molecule has 0 saturated carbocycles. The first-order chi connectivity index (χ1) is 3.77. The Morgan fingerprint density at radius 2 is 2.38 bits per heavy atom. The maximum Gasteiger partial charge on any atom is 0.217 e. The molecule has 2 N–H and O–H groups in total. The molecule has 0 atom stereocenters. The second-order valence-corrected chi connectivity index (χ2v) is 1.45. The van der Waals surface area contributed by atoms with Crippen LogP contribution >= 0.6 is 0 Å². The molecule has 0 unspecified atom stereocenters. The van der Waals surface area contributed by atoms with E-state index < -0.39 is 0 Å². The lowest BCUT2D eigenvalue weighted by Gasteiger charge is -1.84. The predicted molar refractivity (Wildman–Crippen MR) is 29.9 cm³/mol. The van der Waals surface area contributed by atoms with Gasteiger partial charge in [0.2, 0.25) is 12.5 Å². The summed E-state index contributed by atoms with van der Waals surface area (Å²) in [5.41, 5.74) is 4.79. The third-order valence-corrected chi connectivity index (χ3v) is 0.693. The summed E-state index contributed by atoms with van der Waals surface area (Å²) >= 11 is 0. The van der Waals surface area contributed by atoms with Crippen LogP contribution in [-0.4, -0.2) is 12.5 Å². The van der Waals surface area contributed by atoms with Gasteiger partial charge in [0.25, 0.3) is 0 Å². The molecule has 8 heavy (non-hydrogen) atoms. The van der Waals surface area contributed by atoms with Gasteiger partial charge in [-0.15, -0.1) is 0 Å². The number of primary amides is 1. The molecule has 1 amide bonds. The van der Waals surface area contributed by atoms with Crippen molar-refractivity contribution in [2.75, 3.05) is 6.54 Å². The molecule has 0 saturated heterocycles. The van der Waals surface area contributed by atoms with E-state index in [9.17, 15) is 4.79 Å². The van der Waals surface area contributed by atoms with Crippen LogP contribution in [0, 0.1) is 6.57 Å². The Morgan fingerprint density at radius 1 is 1.75 bits per heavy atom. The predicted octanol–water partition coefficient (Wildman–Crippen LogP) is 0.171. The van der Waals surface area contributed by atoms with Crippen LogP contribution in [-0.2, 0) is 4.79 Å². The van der Waals surface area contributed by atoms with Crippen molar-refractivity contribution in [3.8, 4) is 0 Å². The van der Waals surface area contributed by atoms with Gasteiger partial charge in [-0.2, -0.15) is 0 Å². The van der Waals surface area contributed by atoms with Gasteiger partial charge in [0, 0.05) is 12.8 Å². The topological polar surface area (TPSA) is 47.5 Å². The molecule has 0 radical (unpaired) electrons. The summed E-state index contributed by atoms with van der Waals surface area (Å²) in [5, 5.41) is 0. The van der Waals surface area contributed by atoms with Crippen LogP contribution in [0.5, 0.6) is 0 Å². The van der Waals surface area contributed by atoms with Crippen molar-refractivity contribution in [3.05, 3.63) is 11.4 Å². The number of nitrogens with zero attached hydrogens (tertiary/aromatic N) is 1. The fourth-order valence-electron chi connectivity index (χ4n) is 0.332. The van der Waals surface area contributed by atoms with Crippen LogP contribution in [0.4, 0.5) is 0 Å². The Morgan fingerprint density at radius 3 is 2.75 bits per heavy atom. The first-order valence-electron chi connectivity index (χ1n) is 2.39. The fourth-order valence-corrected chi connectivity index (χ4v) is 0.332. The molecule has 0 aromatic carbocycles. The zero-order valence-corrected chi connectivity index (χ0v) is 4.55. The van der Waals surface area contributed by atoms with E-state index in [1.165, 1.54) is 0 Å². The van der Waals surface area contributed by atoms with Crippen LogP contribution in [0.1, 0.15) is 12.8 Å². The lowest BCUT2D eigenvalue weighted by Crippen LogP contribution is -2.09. The zero-order chi connectivity index (χ0) is 6.41. The molecular weight excluding hydrogens is 104 g/mol. The maximum atomic E-state index is 9.99. The monoisotopic (exact) mass is 112 g/mol. The number of carbonyl (C=O) groups excluding carboxylic acids is 1. The van der Waals surface area contributed by atoms with E-state index in [2.05, 4.69) is 4.85 Å². The molecule has 0 fully saturated rings. The number of hydrogen-bond acceptors (Lipinski definition) is 1. The molecule has 0 rings (SSSR count). The van der Waals surface area contributed by atoms with E-state index in [0.717, 1.165) is 0 Å². The highest BCUT2D eigenvalue weighted by Crippen LogP contribution is 1.85. The second kappa shape index (κ2) is 4.13. The normalized spacial score (nSPS) is 7.88. The zero-order valence-electron chi connectivity index (χ0n) is 4.55. The van der Waals surface area contributed by atoms with E-state index in [1.807, 2.05) is 0 Å².